The van der Waals surface area contributed by atoms with Crippen molar-refractivity contribution in [2.75, 3.05) is 19.7 Å². The number of halogens is 2. The van der Waals surface area contributed by atoms with Crippen LogP contribution in [0.2, 0.25) is 0 Å². The first-order valence-electron chi connectivity index (χ1n) is 8.76. The van der Waals surface area contributed by atoms with Gasteiger partial charge in [0.2, 0.25) is 0 Å². The number of nitrogens with zero attached hydrogens (tertiary/aromatic N) is 1. The van der Waals surface area contributed by atoms with Crippen LogP contribution in [0.3, 0.4) is 0 Å². The lowest BCUT2D eigenvalue weighted by molar-refractivity contribution is 0.0574. The van der Waals surface area contributed by atoms with Crippen molar-refractivity contribution in [3.05, 3.63) is 35.4 Å². The molecule has 0 heterocycles. The van der Waals surface area contributed by atoms with Gasteiger partial charge in [-0.25, -0.2) is 13.8 Å². The van der Waals surface area contributed by atoms with Crippen LogP contribution >= 0.6 is 0 Å². The van der Waals surface area contributed by atoms with Crippen molar-refractivity contribution in [1.29, 1.82) is 0 Å². The standard InChI is InChI=1S/C18H27F2N3O/c1-2-21-18(22-10-5-11-24-16-6-3-4-7-16)23-13-14-12-15(19)8-9-17(14)20/h8-9,12,16H,2-7,10-11,13H2,1H3,(H2,21,22,23). The summed E-state index contributed by atoms with van der Waals surface area (Å²) in [6, 6.07) is 3.41. The Kier molecular flexibility index (Phi) is 7.95. The van der Waals surface area contributed by atoms with Gasteiger partial charge in [0.1, 0.15) is 11.6 Å². The predicted octanol–water partition coefficient (Wildman–Crippen LogP) is 3.37. The van der Waals surface area contributed by atoms with Crippen molar-refractivity contribution in [2.45, 2.75) is 51.7 Å². The summed E-state index contributed by atoms with van der Waals surface area (Å²) >= 11 is 0. The molecule has 6 heteroatoms. The number of aliphatic imine (C=N–C) groups is 1. The molecule has 0 unspecified atom stereocenters. The average molecular weight is 339 g/mol. The van der Waals surface area contributed by atoms with Crippen molar-refractivity contribution in [1.82, 2.24) is 10.6 Å². The summed E-state index contributed by atoms with van der Waals surface area (Å²) in [6.45, 7) is 4.22. The Labute approximate surface area is 142 Å². The molecule has 0 spiro atoms. The smallest absolute Gasteiger partial charge is 0.191 e. The highest BCUT2D eigenvalue weighted by atomic mass is 19.1. The van der Waals surface area contributed by atoms with Gasteiger partial charge >= 0.3 is 0 Å². The van der Waals surface area contributed by atoms with Crippen LogP contribution < -0.4 is 10.6 Å². The minimum Gasteiger partial charge on any atom is -0.378 e. The molecule has 2 rings (SSSR count). The Balaban J connectivity index is 1.74. The second-order valence-corrected chi connectivity index (χ2v) is 5.99. The van der Waals surface area contributed by atoms with Crippen LogP contribution in [0.25, 0.3) is 0 Å². The van der Waals surface area contributed by atoms with E-state index in [0.717, 1.165) is 31.7 Å². The van der Waals surface area contributed by atoms with Crippen molar-refractivity contribution >= 4 is 5.96 Å². The summed E-state index contributed by atoms with van der Waals surface area (Å²) < 4.78 is 32.6. The number of benzene rings is 1. The SMILES string of the molecule is CCNC(=NCc1cc(F)ccc1F)NCCCOC1CCCC1. The second-order valence-electron chi connectivity index (χ2n) is 5.99. The highest BCUT2D eigenvalue weighted by Crippen LogP contribution is 2.20. The Morgan fingerprint density at radius 2 is 2.04 bits per heavy atom. The zero-order valence-electron chi connectivity index (χ0n) is 14.3. The molecule has 24 heavy (non-hydrogen) atoms. The van der Waals surface area contributed by atoms with E-state index < -0.39 is 11.6 Å². The number of ether oxygens (including phenoxy) is 1. The molecule has 1 aromatic carbocycles. The fourth-order valence-corrected chi connectivity index (χ4v) is 2.75. The zero-order valence-corrected chi connectivity index (χ0v) is 14.3. The summed E-state index contributed by atoms with van der Waals surface area (Å²) in [4.78, 5) is 4.31. The Bertz CT molecular complexity index is 531. The number of hydrogen-bond acceptors (Lipinski definition) is 2. The fraction of sp³-hybridized carbons (Fsp3) is 0.611. The summed E-state index contributed by atoms with van der Waals surface area (Å²) in [5, 5.41) is 6.29. The van der Waals surface area contributed by atoms with Crippen LogP contribution in [0.4, 0.5) is 8.78 Å². The number of nitrogens with one attached hydrogen (secondary N) is 2. The van der Waals surface area contributed by atoms with Crippen molar-refractivity contribution < 1.29 is 13.5 Å². The monoisotopic (exact) mass is 339 g/mol. The quantitative estimate of drug-likeness (QED) is 0.434. The molecule has 0 radical (unpaired) electrons. The summed E-state index contributed by atoms with van der Waals surface area (Å²) in [5.41, 5.74) is 0.247. The van der Waals surface area contributed by atoms with Gasteiger partial charge < -0.3 is 15.4 Å². The third-order valence-corrected chi connectivity index (χ3v) is 4.03. The van der Waals surface area contributed by atoms with E-state index in [1.165, 1.54) is 31.7 Å². The van der Waals surface area contributed by atoms with Crippen LogP contribution in [0.5, 0.6) is 0 Å². The lowest BCUT2D eigenvalue weighted by atomic mass is 10.2. The largest absolute Gasteiger partial charge is 0.378 e. The van der Waals surface area contributed by atoms with Crippen LogP contribution in [0.1, 0.15) is 44.6 Å². The maximum Gasteiger partial charge on any atom is 0.191 e. The van der Waals surface area contributed by atoms with Gasteiger partial charge in [-0.1, -0.05) is 12.8 Å². The molecule has 0 atom stereocenters. The van der Waals surface area contributed by atoms with Gasteiger partial charge in [0.25, 0.3) is 0 Å². The number of rotatable bonds is 8. The molecule has 0 bridgehead atoms. The topological polar surface area (TPSA) is 45.7 Å². The van der Waals surface area contributed by atoms with Gasteiger partial charge in [-0.05, 0) is 44.4 Å². The van der Waals surface area contributed by atoms with E-state index in [0.29, 0.717) is 18.6 Å². The molecule has 1 aliphatic rings. The lowest BCUT2D eigenvalue weighted by Gasteiger charge is -2.13. The molecular formula is C18H27F2N3O. The summed E-state index contributed by atoms with van der Waals surface area (Å²) in [5.74, 6) is -0.299. The second kappa shape index (κ2) is 10.2. The van der Waals surface area contributed by atoms with Crippen LogP contribution in [0.15, 0.2) is 23.2 Å². The highest BCUT2D eigenvalue weighted by molar-refractivity contribution is 5.79. The highest BCUT2D eigenvalue weighted by Gasteiger charge is 2.14. The molecule has 1 fully saturated rings. The summed E-state index contributed by atoms with van der Waals surface area (Å²) in [7, 11) is 0. The van der Waals surface area contributed by atoms with Crippen LogP contribution in [-0.2, 0) is 11.3 Å². The van der Waals surface area contributed by atoms with E-state index in [-0.39, 0.29) is 12.1 Å². The molecule has 134 valence electrons. The molecule has 1 saturated carbocycles. The average Bonchev–Trinajstić information content (AvgIpc) is 3.08. The van der Waals surface area contributed by atoms with Crippen LogP contribution in [-0.4, -0.2) is 31.8 Å². The van der Waals surface area contributed by atoms with E-state index in [9.17, 15) is 8.78 Å². The third-order valence-electron chi connectivity index (χ3n) is 4.03. The zero-order chi connectivity index (χ0) is 17.2. The molecular weight excluding hydrogens is 312 g/mol. The molecule has 2 N–H and O–H groups in total. The van der Waals surface area contributed by atoms with Crippen LogP contribution in [0, 0.1) is 11.6 Å². The molecule has 0 aliphatic heterocycles. The minimum absolute atomic E-state index is 0.0947. The Morgan fingerprint density at radius 3 is 2.79 bits per heavy atom. The van der Waals surface area contributed by atoms with Gasteiger partial charge in [0.05, 0.1) is 12.6 Å². The minimum atomic E-state index is -0.455. The van der Waals surface area contributed by atoms with Gasteiger partial charge in [0, 0.05) is 25.3 Å². The predicted molar refractivity (Wildman–Crippen MR) is 92.0 cm³/mol. The van der Waals surface area contributed by atoms with Crippen molar-refractivity contribution in [3.63, 3.8) is 0 Å². The maximum atomic E-state index is 13.6. The van der Waals surface area contributed by atoms with E-state index in [1.54, 1.807) is 0 Å². The van der Waals surface area contributed by atoms with Crippen molar-refractivity contribution in [3.8, 4) is 0 Å². The molecule has 1 aromatic rings. The van der Waals surface area contributed by atoms with Gasteiger partial charge in [0.15, 0.2) is 5.96 Å². The van der Waals surface area contributed by atoms with Crippen molar-refractivity contribution in [2.24, 2.45) is 4.99 Å². The number of guanidine groups is 1. The summed E-state index contributed by atoms with van der Waals surface area (Å²) in [6.07, 6.45) is 6.22. The molecule has 1 aliphatic carbocycles. The first-order valence-corrected chi connectivity index (χ1v) is 8.76. The third kappa shape index (κ3) is 6.43. The molecule has 0 amide bonds. The van der Waals surface area contributed by atoms with E-state index in [1.807, 2.05) is 6.92 Å². The van der Waals surface area contributed by atoms with E-state index >= 15 is 0 Å². The van der Waals surface area contributed by atoms with Gasteiger partial charge in [-0.3, -0.25) is 0 Å². The van der Waals surface area contributed by atoms with E-state index in [2.05, 4.69) is 15.6 Å². The molecule has 4 nitrogen and oxygen atoms in total. The van der Waals surface area contributed by atoms with Gasteiger partial charge in [-0.15, -0.1) is 0 Å². The maximum absolute atomic E-state index is 13.6. The number of hydrogen-bond donors (Lipinski definition) is 2. The Morgan fingerprint density at radius 1 is 1.25 bits per heavy atom. The fourth-order valence-electron chi connectivity index (χ4n) is 2.75. The molecule has 0 aromatic heterocycles. The Hall–Kier alpha value is -1.69. The normalized spacial score (nSPS) is 15.7. The molecule has 0 saturated heterocycles. The first kappa shape index (κ1) is 18.6. The van der Waals surface area contributed by atoms with E-state index in [4.69, 9.17) is 4.74 Å². The first-order chi connectivity index (χ1) is 11.7. The van der Waals surface area contributed by atoms with Gasteiger partial charge in [-0.2, -0.15) is 0 Å². The lowest BCUT2D eigenvalue weighted by Crippen LogP contribution is -2.38.